The van der Waals surface area contributed by atoms with E-state index in [0.717, 1.165) is 11.6 Å². The van der Waals surface area contributed by atoms with Gasteiger partial charge in [0.05, 0.1) is 0 Å². The number of hydrogen-bond donors (Lipinski definition) is 1. The number of likely N-dealkylation sites (tertiary alicyclic amines) is 1. The summed E-state index contributed by atoms with van der Waals surface area (Å²) in [5.41, 5.74) is 1.31. The lowest BCUT2D eigenvalue weighted by Crippen LogP contribution is -2.31. The summed E-state index contributed by atoms with van der Waals surface area (Å²) in [4.78, 5) is 2.51. The maximum atomic E-state index is 6.02. The molecule has 0 spiro atoms. The predicted octanol–water partition coefficient (Wildman–Crippen LogP) is 2.69. The van der Waals surface area contributed by atoms with Crippen LogP contribution in [-0.2, 0) is 0 Å². The third-order valence-electron chi connectivity index (χ3n) is 3.51. The van der Waals surface area contributed by atoms with Crippen LogP contribution in [0.3, 0.4) is 0 Å². The van der Waals surface area contributed by atoms with E-state index in [1.807, 2.05) is 19.2 Å². The monoisotopic (exact) mass is 238 g/mol. The van der Waals surface area contributed by atoms with Crippen molar-refractivity contribution in [2.45, 2.75) is 25.4 Å². The highest BCUT2D eigenvalue weighted by Crippen LogP contribution is 2.26. The van der Waals surface area contributed by atoms with E-state index in [1.165, 1.54) is 18.5 Å². The van der Waals surface area contributed by atoms with Crippen LogP contribution < -0.4 is 5.32 Å². The Morgan fingerprint density at radius 3 is 2.94 bits per heavy atom. The first-order valence-electron chi connectivity index (χ1n) is 5.87. The molecule has 1 aliphatic rings. The number of nitrogens with zero attached hydrogens (tertiary/aromatic N) is 1. The molecule has 0 radical (unpaired) electrons. The fourth-order valence-electron chi connectivity index (χ4n) is 2.35. The molecule has 2 nitrogen and oxygen atoms in total. The Kier molecular flexibility index (Phi) is 3.85. The van der Waals surface area contributed by atoms with E-state index in [1.54, 1.807) is 0 Å². The van der Waals surface area contributed by atoms with Crippen LogP contribution in [0, 0.1) is 0 Å². The average Bonchev–Trinajstić information content (AvgIpc) is 2.76. The predicted molar refractivity (Wildman–Crippen MR) is 68.9 cm³/mol. The zero-order valence-corrected chi connectivity index (χ0v) is 10.7. The minimum Gasteiger partial charge on any atom is -0.316 e. The molecule has 1 aliphatic heterocycles. The normalized spacial score (nSPS) is 23.6. The summed E-state index contributed by atoms with van der Waals surface area (Å²) in [5, 5.41) is 4.17. The summed E-state index contributed by atoms with van der Waals surface area (Å²) in [6.07, 6.45) is 1.24. The lowest BCUT2D eigenvalue weighted by Gasteiger charge is -2.24. The Labute approximate surface area is 103 Å². The molecule has 1 saturated heterocycles. The van der Waals surface area contributed by atoms with Crippen molar-refractivity contribution in [1.82, 2.24) is 10.2 Å². The number of likely N-dealkylation sites (N-methyl/N-ethyl adjacent to an activating group) is 1. The molecule has 1 fully saturated rings. The van der Waals surface area contributed by atoms with Gasteiger partial charge < -0.3 is 5.32 Å². The van der Waals surface area contributed by atoms with Crippen LogP contribution in [0.5, 0.6) is 0 Å². The molecule has 1 aromatic rings. The maximum Gasteiger partial charge on any atom is 0.0409 e. The topological polar surface area (TPSA) is 15.3 Å². The smallest absolute Gasteiger partial charge is 0.0409 e. The molecule has 0 saturated carbocycles. The van der Waals surface area contributed by atoms with Crippen molar-refractivity contribution in [2.75, 3.05) is 20.1 Å². The van der Waals surface area contributed by atoms with Gasteiger partial charge in [-0.3, -0.25) is 4.90 Å². The number of nitrogens with one attached hydrogen (secondary N) is 1. The van der Waals surface area contributed by atoms with Crippen molar-refractivity contribution in [2.24, 2.45) is 0 Å². The number of benzene rings is 1. The highest BCUT2D eigenvalue weighted by molar-refractivity contribution is 6.30. The SMILES string of the molecule is CNC1CCN(C(C)c2cccc(Cl)c2)C1. The lowest BCUT2D eigenvalue weighted by molar-refractivity contribution is 0.257. The molecule has 2 atom stereocenters. The van der Waals surface area contributed by atoms with Gasteiger partial charge in [0.25, 0.3) is 0 Å². The fraction of sp³-hybridized carbons (Fsp3) is 0.538. The standard InChI is InChI=1S/C13H19ClN2/c1-10(11-4-3-5-12(14)8-11)16-7-6-13(9-16)15-2/h3-5,8,10,13,15H,6-7,9H2,1-2H3. The summed E-state index contributed by atoms with van der Waals surface area (Å²) >= 11 is 6.02. The van der Waals surface area contributed by atoms with Crippen molar-refractivity contribution in [1.29, 1.82) is 0 Å². The lowest BCUT2D eigenvalue weighted by atomic mass is 10.1. The zero-order valence-electron chi connectivity index (χ0n) is 9.91. The fourth-order valence-corrected chi connectivity index (χ4v) is 2.55. The van der Waals surface area contributed by atoms with Gasteiger partial charge in [-0.05, 0) is 38.1 Å². The van der Waals surface area contributed by atoms with Crippen LogP contribution >= 0.6 is 11.6 Å². The minimum absolute atomic E-state index is 0.456. The van der Waals surface area contributed by atoms with Gasteiger partial charge in [0.1, 0.15) is 0 Å². The van der Waals surface area contributed by atoms with E-state index in [4.69, 9.17) is 11.6 Å². The molecule has 0 bridgehead atoms. The van der Waals surface area contributed by atoms with E-state index in [-0.39, 0.29) is 0 Å². The van der Waals surface area contributed by atoms with Crippen LogP contribution in [-0.4, -0.2) is 31.1 Å². The van der Waals surface area contributed by atoms with Gasteiger partial charge in [-0.15, -0.1) is 0 Å². The summed E-state index contributed by atoms with van der Waals surface area (Å²) in [6.45, 7) is 4.55. The van der Waals surface area contributed by atoms with Crippen molar-refractivity contribution in [3.63, 3.8) is 0 Å². The number of hydrogen-bond acceptors (Lipinski definition) is 2. The van der Waals surface area contributed by atoms with Gasteiger partial charge in [-0.25, -0.2) is 0 Å². The molecule has 1 N–H and O–H groups in total. The van der Waals surface area contributed by atoms with E-state index in [9.17, 15) is 0 Å². The number of rotatable bonds is 3. The molecule has 2 rings (SSSR count). The van der Waals surface area contributed by atoms with Crippen LogP contribution in [0.15, 0.2) is 24.3 Å². The van der Waals surface area contributed by atoms with Crippen molar-refractivity contribution in [3.05, 3.63) is 34.9 Å². The van der Waals surface area contributed by atoms with Crippen LogP contribution in [0.25, 0.3) is 0 Å². The first-order valence-corrected chi connectivity index (χ1v) is 6.25. The molecule has 88 valence electrons. The Hall–Kier alpha value is -0.570. The number of halogens is 1. The molecule has 2 unspecified atom stereocenters. The molecule has 16 heavy (non-hydrogen) atoms. The van der Waals surface area contributed by atoms with Gasteiger partial charge >= 0.3 is 0 Å². The maximum absolute atomic E-state index is 6.02. The Bertz CT molecular complexity index is 354. The van der Waals surface area contributed by atoms with Crippen LogP contribution in [0.4, 0.5) is 0 Å². The summed E-state index contributed by atoms with van der Waals surface area (Å²) in [6, 6.07) is 9.28. The summed E-state index contributed by atoms with van der Waals surface area (Å²) < 4.78 is 0. The van der Waals surface area contributed by atoms with Crippen LogP contribution in [0.2, 0.25) is 5.02 Å². The van der Waals surface area contributed by atoms with Gasteiger partial charge in [-0.1, -0.05) is 23.7 Å². The van der Waals surface area contributed by atoms with E-state index in [2.05, 4.69) is 29.3 Å². The van der Waals surface area contributed by atoms with Crippen molar-refractivity contribution in [3.8, 4) is 0 Å². The minimum atomic E-state index is 0.456. The third-order valence-corrected chi connectivity index (χ3v) is 3.74. The Morgan fingerprint density at radius 1 is 1.50 bits per heavy atom. The Balaban J connectivity index is 2.05. The Morgan fingerprint density at radius 2 is 2.31 bits per heavy atom. The summed E-state index contributed by atoms with van der Waals surface area (Å²) in [5.74, 6) is 0. The van der Waals surface area contributed by atoms with Crippen molar-refractivity contribution < 1.29 is 0 Å². The molecule has 0 aromatic heterocycles. The second-order valence-corrected chi connectivity index (χ2v) is 4.94. The quantitative estimate of drug-likeness (QED) is 0.871. The highest BCUT2D eigenvalue weighted by Gasteiger charge is 2.25. The van der Waals surface area contributed by atoms with E-state index < -0.39 is 0 Å². The molecule has 3 heteroatoms. The first kappa shape index (κ1) is 11.9. The highest BCUT2D eigenvalue weighted by atomic mass is 35.5. The third kappa shape index (κ3) is 2.57. The molecular weight excluding hydrogens is 220 g/mol. The second-order valence-electron chi connectivity index (χ2n) is 4.50. The molecule has 1 heterocycles. The molecule has 0 aliphatic carbocycles. The molecular formula is C13H19ClN2. The van der Waals surface area contributed by atoms with E-state index >= 15 is 0 Å². The zero-order chi connectivity index (χ0) is 11.5. The van der Waals surface area contributed by atoms with Gasteiger partial charge in [0.15, 0.2) is 0 Å². The van der Waals surface area contributed by atoms with Crippen molar-refractivity contribution >= 4 is 11.6 Å². The largest absolute Gasteiger partial charge is 0.316 e. The van der Waals surface area contributed by atoms with Gasteiger partial charge in [0, 0.05) is 30.2 Å². The van der Waals surface area contributed by atoms with E-state index in [0.29, 0.717) is 12.1 Å². The molecule has 1 aromatic carbocycles. The van der Waals surface area contributed by atoms with Gasteiger partial charge in [0.2, 0.25) is 0 Å². The first-order chi connectivity index (χ1) is 7.70. The average molecular weight is 239 g/mol. The van der Waals surface area contributed by atoms with Crippen LogP contribution in [0.1, 0.15) is 24.9 Å². The van der Waals surface area contributed by atoms with Gasteiger partial charge in [-0.2, -0.15) is 0 Å². The second kappa shape index (κ2) is 5.17. The molecule has 0 amide bonds. The summed E-state index contributed by atoms with van der Waals surface area (Å²) in [7, 11) is 2.04.